The van der Waals surface area contributed by atoms with Crippen molar-refractivity contribution in [2.24, 2.45) is 28.2 Å². The number of nitrogens with zero attached hydrogens (tertiary/aromatic N) is 5. The molecule has 0 amide bonds. The minimum Gasteiger partial charge on any atom is -0.264 e. The van der Waals surface area contributed by atoms with Crippen LogP contribution >= 0.6 is 0 Å². The molecule has 0 fully saturated rings. The van der Waals surface area contributed by atoms with E-state index in [4.69, 9.17) is 0 Å². The smallest absolute Gasteiger partial charge is 0.264 e. The number of hydrogen-bond donors (Lipinski definition) is 0. The Morgan fingerprint density at radius 2 is 0.659 bits per heavy atom. The minimum atomic E-state index is 0.270. The van der Waals surface area contributed by atoms with E-state index in [2.05, 4.69) is 272 Å². The Hall–Kier alpha value is -9.26. The highest BCUT2D eigenvalue weighted by Crippen LogP contribution is 2.33. The molecule has 0 aliphatic carbocycles. The minimum absolute atomic E-state index is 0.270. The first-order valence-electron chi connectivity index (χ1n) is 30.6. The summed E-state index contributed by atoms with van der Waals surface area (Å²) in [6, 6.07) is 63.1. The van der Waals surface area contributed by atoms with Crippen molar-refractivity contribution in [2.75, 3.05) is 0 Å². The maximum absolute atomic E-state index is 4.59. The summed E-state index contributed by atoms with van der Waals surface area (Å²) in [5.41, 5.74) is 34.0. The molecule has 0 saturated carbocycles. The third kappa shape index (κ3) is 7.56. The molecule has 402 valence electrons. The van der Waals surface area contributed by atoms with Crippen LogP contribution in [-0.2, 0) is 66.7 Å². The molecule has 0 radical (unpaired) electrons. The van der Waals surface area contributed by atoms with Gasteiger partial charge in [-0.25, -0.2) is 18.3 Å². The Morgan fingerprint density at radius 3 is 1.14 bits per heavy atom. The molecule has 11 heterocycles. The predicted octanol–water partition coefficient (Wildman–Crippen LogP) is 5.96. The molecule has 8 aromatic carbocycles. The summed E-state index contributed by atoms with van der Waals surface area (Å²) in [5, 5.41) is 11.0. The highest BCUT2D eigenvalue weighted by Gasteiger charge is 2.50. The van der Waals surface area contributed by atoms with Crippen LogP contribution in [0.4, 0.5) is 0 Å². The largest absolute Gasteiger partial charge is 0.407 e. The maximum atomic E-state index is 4.59. The number of hydrogen-bond acceptors (Lipinski definition) is 1. The van der Waals surface area contributed by atoms with E-state index in [0.717, 1.165) is 38.5 Å². The van der Waals surface area contributed by atoms with E-state index < -0.39 is 0 Å². The van der Waals surface area contributed by atoms with Gasteiger partial charge < -0.3 is 0 Å². The second-order valence-corrected chi connectivity index (χ2v) is 25.3. The summed E-state index contributed by atoms with van der Waals surface area (Å²) in [6.07, 6.45) is 19.2. The van der Waals surface area contributed by atoms with Gasteiger partial charge in [0.1, 0.15) is 28.2 Å². The van der Waals surface area contributed by atoms with Crippen molar-refractivity contribution in [1.29, 1.82) is 0 Å². The van der Waals surface area contributed by atoms with Crippen LogP contribution in [0, 0.1) is 13.8 Å². The Balaban J connectivity index is 0.000000100. The fourth-order valence-electron chi connectivity index (χ4n) is 17.3. The molecule has 0 bridgehead atoms. The quantitative estimate of drug-likeness (QED) is 0.136. The van der Waals surface area contributed by atoms with Gasteiger partial charge in [0.25, 0.3) is 0 Å². The third-order valence-corrected chi connectivity index (χ3v) is 20.6. The van der Waals surface area contributed by atoms with Crippen LogP contribution in [0.15, 0.2) is 207 Å². The third-order valence-electron chi connectivity index (χ3n) is 20.6. The zero-order chi connectivity index (χ0) is 56.9. The van der Waals surface area contributed by atoms with E-state index in [9.17, 15) is 0 Å². The number of benzene rings is 8. The van der Waals surface area contributed by atoms with Crippen LogP contribution in [-0.4, -0.2) is 25.1 Å². The standard InChI is InChI=1S/C30H23B.C24H21BN2.C23H20BN3/c1-18-14-20-8-3-5-12-24(20)26-16-22-10-7-11-23-17-27-25-13-6-4-9-21(25)15-19(2)29(27)31(28(18)26)30(22)23;1-26-12-6-10-18-13-16-8-5-9-17-14-21-20-11-4-3-7-19(20)15-27(2)24(21)25(22(16)17)23(18)26;1-26-9-5-7-15-10-17-12-25-13-18-11-20-19-8-4-3-6-16(19)14-27(2)23(20)24(21(17)18)22(15)26/h3-15H,16-17H2,1-2H3;3-12,15H,13-14H2,1-2H3;3-9,12-14H,10-11H2,1-2H3/q;2*+2. The van der Waals surface area contributed by atoms with Gasteiger partial charge in [-0.05, 0) is 139 Å². The van der Waals surface area contributed by atoms with Gasteiger partial charge in [-0.15, -0.1) is 0 Å². The highest BCUT2D eigenvalue weighted by atomic mass is 15.0. The van der Waals surface area contributed by atoms with Gasteiger partial charge >= 0.3 is 13.4 Å². The average Bonchev–Trinajstić information content (AvgIpc) is 1.23. The molecule has 19 rings (SSSR count). The molecule has 13 aromatic rings. The first-order chi connectivity index (χ1) is 41.6. The molecular weight excluding hydrogens is 1030 g/mol. The highest BCUT2D eigenvalue weighted by molar-refractivity contribution is 6.98. The SMILES string of the molecule is C[n+]1cccc2c1B1c3c(cccc3Cc3c1[n+](C)cc1ccccc31)C2.C[n+]1cccc2c1B1c3c(cncc3Cc3c1[n+](C)cc1ccccc31)C2.Cc1cc2ccccc2c2c1B1c3c(cccc3Cc3c1c(C)cc1ccccc31)C2. The first-order valence-corrected chi connectivity index (χ1v) is 30.6. The number of pyridine rings is 5. The Kier molecular flexibility index (Phi) is 11.3. The molecule has 85 heavy (non-hydrogen) atoms. The van der Waals surface area contributed by atoms with E-state index >= 15 is 0 Å². The summed E-state index contributed by atoms with van der Waals surface area (Å²) in [7, 11) is 8.80. The molecule has 0 spiro atoms. The zero-order valence-corrected chi connectivity index (χ0v) is 49.3. The predicted molar refractivity (Wildman–Crippen MR) is 351 cm³/mol. The van der Waals surface area contributed by atoms with Crippen molar-refractivity contribution in [1.82, 2.24) is 4.98 Å². The Labute approximate surface area is 498 Å². The number of fused-ring (bicyclic) bond motifs is 20. The van der Waals surface area contributed by atoms with Gasteiger partial charge in [-0.1, -0.05) is 161 Å². The Morgan fingerprint density at radius 1 is 0.306 bits per heavy atom. The van der Waals surface area contributed by atoms with Gasteiger partial charge in [-0.2, -0.15) is 0 Å². The van der Waals surface area contributed by atoms with Crippen LogP contribution in [0.2, 0.25) is 0 Å². The van der Waals surface area contributed by atoms with Crippen molar-refractivity contribution < 1.29 is 18.3 Å². The lowest BCUT2D eigenvalue weighted by atomic mass is 9.29. The number of rotatable bonds is 0. The molecule has 0 saturated heterocycles. The lowest BCUT2D eigenvalue weighted by molar-refractivity contribution is -0.658. The second-order valence-electron chi connectivity index (χ2n) is 25.3. The monoisotopic (exact) mass is 1090 g/mol. The topological polar surface area (TPSA) is 28.4 Å². The molecule has 8 heteroatoms. The lowest BCUT2D eigenvalue weighted by Crippen LogP contribution is -2.75. The van der Waals surface area contributed by atoms with E-state index in [1.54, 1.807) is 21.9 Å². The van der Waals surface area contributed by atoms with Crippen molar-refractivity contribution in [3.63, 3.8) is 0 Å². The maximum Gasteiger partial charge on any atom is 0.407 e. The van der Waals surface area contributed by atoms with Gasteiger partial charge in [0.05, 0.1) is 0 Å². The molecule has 0 unspecified atom stereocenters. The molecule has 0 N–H and O–H groups in total. The van der Waals surface area contributed by atoms with Crippen molar-refractivity contribution in [3.05, 3.63) is 285 Å². The van der Waals surface area contributed by atoms with Crippen LogP contribution < -0.4 is 68.0 Å². The Bertz CT molecular complexity index is 4740. The van der Waals surface area contributed by atoms with Crippen molar-refractivity contribution in [3.8, 4) is 0 Å². The summed E-state index contributed by atoms with van der Waals surface area (Å²) in [5.74, 6) is 0. The van der Waals surface area contributed by atoms with Crippen LogP contribution in [0.1, 0.15) is 77.9 Å². The molecular formula is C77H64B3N5+4. The lowest BCUT2D eigenvalue weighted by Gasteiger charge is -2.37. The van der Waals surface area contributed by atoms with Crippen LogP contribution in [0.3, 0.4) is 0 Å². The molecule has 0 atom stereocenters. The van der Waals surface area contributed by atoms with Crippen LogP contribution in [0.25, 0.3) is 43.1 Å². The van der Waals surface area contributed by atoms with Gasteiger partial charge in [0.2, 0.25) is 6.71 Å². The van der Waals surface area contributed by atoms with E-state index in [1.807, 2.05) is 0 Å². The van der Waals surface area contributed by atoms with E-state index in [0.29, 0.717) is 13.4 Å². The van der Waals surface area contributed by atoms with E-state index in [-0.39, 0.29) is 6.71 Å². The number of aryl methyl sites for hydroxylation is 6. The van der Waals surface area contributed by atoms with Crippen LogP contribution in [0.5, 0.6) is 0 Å². The van der Waals surface area contributed by atoms with Gasteiger partial charge in [0.15, 0.2) is 47.2 Å². The van der Waals surface area contributed by atoms with Crippen molar-refractivity contribution in [2.45, 2.75) is 52.4 Å². The summed E-state index contributed by atoms with van der Waals surface area (Å²) in [6.45, 7) is 5.57. The van der Waals surface area contributed by atoms with E-state index in [1.165, 1.54) is 149 Å². The summed E-state index contributed by atoms with van der Waals surface area (Å²) >= 11 is 0. The molecule has 6 aliphatic heterocycles. The van der Waals surface area contributed by atoms with Gasteiger partial charge in [-0.3, -0.25) is 4.98 Å². The summed E-state index contributed by atoms with van der Waals surface area (Å²) in [4.78, 5) is 4.59. The fraction of sp³-hybridized carbons (Fsp3) is 0.156. The number of aromatic nitrogens is 5. The van der Waals surface area contributed by atoms with Crippen molar-refractivity contribution >= 4 is 113 Å². The van der Waals surface area contributed by atoms with Gasteiger partial charge in [0, 0.05) is 83.2 Å². The average molecular weight is 1090 g/mol. The normalized spacial score (nSPS) is 13.9. The first kappa shape index (κ1) is 50.3. The molecule has 5 aromatic heterocycles. The molecule has 5 nitrogen and oxygen atoms in total. The fourth-order valence-corrected chi connectivity index (χ4v) is 17.3. The second kappa shape index (κ2) is 19.1. The molecule has 6 aliphatic rings. The zero-order valence-electron chi connectivity index (χ0n) is 49.3. The summed E-state index contributed by atoms with van der Waals surface area (Å²) < 4.78 is 9.39.